The highest BCUT2D eigenvalue weighted by Gasteiger charge is 2.36. The minimum atomic E-state index is -0.522. The molecular formula is C17H23N3O2. The third kappa shape index (κ3) is 3.55. The summed E-state index contributed by atoms with van der Waals surface area (Å²) >= 11 is 0. The summed E-state index contributed by atoms with van der Waals surface area (Å²) in [7, 11) is 0. The molecule has 1 fully saturated rings. The van der Waals surface area contributed by atoms with E-state index in [2.05, 4.69) is 46.3 Å². The smallest absolute Gasteiger partial charge is 0.108 e. The van der Waals surface area contributed by atoms with Gasteiger partial charge >= 0.3 is 0 Å². The van der Waals surface area contributed by atoms with E-state index in [0.717, 1.165) is 31.7 Å². The molecule has 5 heteroatoms. The lowest BCUT2D eigenvalue weighted by molar-refractivity contribution is -0.134. The Morgan fingerprint density at radius 1 is 1.41 bits per heavy atom. The Morgan fingerprint density at radius 2 is 2.32 bits per heavy atom. The molecule has 0 amide bonds. The second kappa shape index (κ2) is 6.60. The Hall–Kier alpha value is -1.69. The van der Waals surface area contributed by atoms with E-state index >= 15 is 0 Å². The molecule has 5 nitrogen and oxygen atoms in total. The Labute approximate surface area is 130 Å². The molecule has 2 heterocycles. The monoisotopic (exact) mass is 301 g/mol. The number of hydrogen-bond donors (Lipinski definition) is 2. The summed E-state index contributed by atoms with van der Waals surface area (Å²) in [4.78, 5) is 2.31. The fraction of sp³-hybridized carbons (Fsp3) is 0.471. The first-order valence-electron chi connectivity index (χ1n) is 7.70. The SMILES string of the molecule is Cc1cccc(C[C@@]2(CO)CN(Cc3ccn[nH]3)CCO2)c1. The van der Waals surface area contributed by atoms with E-state index in [0.29, 0.717) is 6.61 Å². The van der Waals surface area contributed by atoms with Crippen LogP contribution < -0.4 is 0 Å². The molecular weight excluding hydrogens is 278 g/mol. The topological polar surface area (TPSA) is 61.4 Å². The summed E-state index contributed by atoms with van der Waals surface area (Å²) in [6.45, 7) is 5.15. The molecule has 3 rings (SSSR count). The van der Waals surface area contributed by atoms with Crippen LogP contribution in [-0.2, 0) is 17.7 Å². The maximum absolute atomic E-state index is 9.94. The summed E-state index contributed by atoms with van der Waals surface area (Å²) in [6, 6.07) is 10.4. The van der Waals surface area contributed by atoms with Gasteiger partial charge in [-0.25, -0.2) is 0 Å². The van der Waals surface area contributed by atoms with Gasteiger partial charge in [0, 0.05) is 37.9 Å². The molecule has 0 saturated carbocycles. The summed E-state index contributed by atoms with van der Waals surface area (Å²) in [5, 5.41) is 16.9. The third-order valence-corrected chi connectivity index (χ3v) is 4.18. The Balaban J connectivity index is 1.71. The van der Waals surface area contributed by atoms with Gasteiger partial charge in [0.2, 0.25) is 0 Å². The lowest BCUT2D eigenvalue weighted by Crippen LogP contribution is -2.55. The number of nitrogens with one attached hydrogen (secondary N) is 1. The van der Waals surface area contributed by atoms with Gasteiger partial charge in [-0.2, -0.15) is 5.10 Å². The highest BCUT2D eigenvalue weighted by molar-refractivity contribution is 5.24. The van der Waals surface area contributed by atoms with Crippen molar-refractivity contribution in [3.8, 4) is 0 Å². The van der Waals surface area contributed by atoms with Crippen molar-refractivity contribution in [2.45, 2.75) is 25.5 Å². The van der Waals surface area contributed by atoms with Gasteiger partial charge in [-0.3, -0.25) is 10.00 Å². The minimum absolute atomic E-state index is 0.0282. The van der Waals surface area contributed by atoms with Crippen molar-refractivity contribution in [3.05, 3.63) is 53.3 Å². The summed E-state index contributed by atoms with van der Waals surface area (Å²) in [5.74, 6) is 0. The van der Waals surface area contributed by atoms with Crippen LogP contribution >= 0.6 is 0 Å². The first-order chi connectivity index (χ1) is 10.7. The van der Waals surface area contributed by atoms with Gasteiger partial charge in [-0.1, -0.05) is 29.8 Å². The van der Waals surface area contributed by atoms with Crippen molar-refractivity contribution < 1.29 is 9.84 Å². The number of aromatic nitrogens is 2. The van der Waals surface area contributed by atoms with Crippen LogP contribution in [0.25, 0.3) is 0 Å². The van der Waals surface area contributed by atoms with E-state index in [1.54, 1.807) is 6.20 Å². The van der Waals surface area contributed by atoms with E-state index in [4.69, 9.17) is 4.74 Å². The number of rotatable bonds is 5. The van der Waals surface area contributed by atoms with E-state index < -0.39 is 5.60 Å². The summed E-state index contributed by atoms with van der Waals surface area (Å²) in [5.41, 5.74) is 3.00. The number of benzene rings is 1. The third-order valence-electron chi connectivity index (χ3n) is 4.18. The molecule has 1 aromatic carbocycles. The molecule has 1 aromatic heterocycles. The summed E-state index contributed by atoms with van der Waals surface area (Å²) < 4.78 is 5.99. The normalized spacial score (nSPS) is 22.8. The lowest BCUT2D eigenvalue weighted by Gasteiger charge is -2.41. The van der Waals surface area contributed by atoms with Crippen molar-refractivity contribution in [2.24, 2.45) is 0 Å². The largest absolute Gasteiger partial charge is 0.393 e. The van der Waals surface area contributed by atoms with Gasteiger partial charge in [0.05, 0.1) is 13.2 Å². The van der Waals surface area contributed by atoms with Crippen molar-refractivity contribution in [1.82, 2.24) is 15.1 Å². The number of H-pyrrole nitrogens is 1. The summed E-state index contributed by atoms with van der Waals surface area (Å²) in [6.07, 6.45) is 2.49. The standard InChI is InChI=1S/C17H23N3O2/c1-14-3-2-4-15(9-14)10-17(13-21)12-20(7-8-22-17)11-16-5-6-18-19-16/h2-6,9,21H,7-8,10-13H2,1H3,(H,18,19)/t17-/m0/s1. The van der Waals surface area contributed by atoms with Crippen LogP contribution in [0.1, 0.15) is 16.8 Å². The Bertz CT molecular complexity index is 600. The van der Waals surface area contributed by atoms with Crippen LogP contribution in [0.15, 0.2) is 36.5 Å². The van der Waals surface area contributed by atoms with E-state index in [-0.39, 0.29) is 6.61 Å². The Morgan fingerprint density at radius 3 is 3.05 bits per heavy atom. The van der Waals surface area contributed by atoms with Crippen LogP contribution in [-0.4, -0.2) is 52.1 Å². The quantitative estimate of drug-likeness (QED) is 0.879. The number of aryl methyl sites for hydroxylation is 1. The second-order valence-corrected chi connectivity index (χ2v) is 6.15. The van der Waals surface area contributed by atoms with Crippen LogP contribution in [0.5, 0.6) is 0 Å². The first kappa shape index (κ1) is 15.2. The number of hydrogen-bond acceptors (Lipinski definition) is 4. The van der Waals surface area contributed by atoms with Crippen LogP contribution in [0.3, 0.4) is 0 Å². The molecule has 1 aliphatic heterocycles. The van der Waals surface area contributed by atoms with Crippen molar-refractivity contribution in [1.29, 1.82) is 0 Å². The van der Waals surface area contributed by atoms with Crippen LogP contribution in [0, 0.1) is 6.92 Å². The van der Waals surface area contributed by atoms with Gasteiger partial charge in [-0.05, 0) is 18.6 Å². The highest BCUT2D eigenvalue weighted by atomic mass is 16.5. The number of ether oxygens (including phenoxy) is 1. The maximum atomic E-state index is 9.94. The average molecular weight is 301 g/mol. The minimum Gasteiger partial charge on any atom is -0.393 e. The number of nitrogens with zero attached hydrogens (tertiary/aromatic N) is 2. The highest BCUT2D eigenvalue weighted by Crippen LogP contribution is 2.24. The zero-order chi connectivity index (χ0) is 15.4. The molecule has 2 N–H and O–H groups in total. The van der Waals surface area contributed by atoms with Crippen LogP contribution in [0.4, 0.5) is 0 Å². The van der Waals surface area contributed by atoms with E-state index in [1.165, 1.54) is 11.1 Å². The molecule has 0 bridgehead atoms. The fourth-order valence-electron chi connectivity index (χ4n) is 3.12. The van der Waals surface area contributed by atoms with Crippen molar-refractivity contribution in [3.63, 3.8) is 0 Å². The van der Waals surface area contributed by atoms with Gasteiger partial charge in [-0.15, -0.1) is 0 Å². The maximum Gasteiger partial charge on any atom is 0.108 e. The predicted octanol–water partition coefficient (Wildman–Crippen LogP) is 1.52. The average Bonchev–Trinajstić information content (AvgIpc) is 3.00. The molecule has 0 spiro atoms. The molecule has 0 radical (unpaired) electrons. The molecule has 2 aromatic rings. The van der Waals surface area contributed by atoms with Crippen molar-refractivity contribution in [2.75, 3.05) is 26.3 Å². The molecule has 22 heavy (non-hydrogen) atoms. The van der Waals surface area contributed by atoms with Crippen molar-refractivity contribution >= 4 is 0 Å². The predicted molar refractivity (Wildman–Crippen MR) is 84.5 cm³/mol. The lowest BCUT2D eigenvalue weighted by atomic mass is 9.92. The van der Waals surface area contributed by atoms with Gasteiger partial charge < -0.3 is 9.84 Å². The molecule has 1 aliphatic rings. The molecule has 1 saturated heterocycles. The molecule has 1 atom stereocenters. The van der Waals surface area contributed by atoms with E-state index in [1.807, 2.05) is 6.07 Å². The second-order valence-electron chi connectivity index (χ2n) is 6.15. The molecule has 0 unspecified atom stereocenters. The molecule has 0 aliphatic carbocycles. The zero-order valence-electron chi connectivity index (χ0n) is 13.0. The van der Waals surface area contributed by atoms with Crippen LogP contribution in [0.2, 0.25) is 0 Å². The Kier molecular flexibility index (Phi) is 4.57. The fourth-order valence-corrected chi connectivity index (χ4v) is 3.12. The molecule has 118 valence electrons. The number of aliphatic hydroxyl groups is 1. The number of morpholine rings is 1. The van der Waals surface area contributed by atoms with E-state index in [9.17, 15) is 5.11 Å². The van der Waals surface area contributed by atoms with Gasteiger partial charge in [0.15, 0.2) is 0 Å². The van der Waals surface area contributed by atoms with Gasteiger partial charge in [0.25, 0.3) is 0 Å². The first-order valence-corrected chi connectivity index (χ1v) is 7.70. The van der Waals surface area contributed by atoms with Gasteiger partial charge in [0.1, 0.15) is 5.60 Å². The number of aliphatic hydroxyl groups excluding tert-OH is 1. The zero-order valence-corrected chi connectivity index (χ0v) is 13.0. The number of aromatic amines is 1.